The van der Waals surface area contributed by atoms with Crippen LogP contribution in [0.15, 0.2) is 22.4 Å². The number of ether oxygens (including phenoxy) is 1. The molecule has 2 rings (SSSR count). The van der Waals surface area contributed by atoms with Gasteiger partial charge in [-0.2, -0.15) is 10.5 Å². The number of nitriles is 2. The van der Waals surface area contributed by atoms with Crippen molar-refractivity contribution in [2.45, 2.75) is 39.5 Å². The Morgan fingerprint density at radius 1 is 1.18 bits per heavy atom. The van der Waals surface area contributed by atoms with Crippen molar-refractivity contribution in [2.75, 3.05) is 20.2 Å². The van der Waals surface area contributed by atoms with Crippen molar-refractivity contribution in [3.63, 3.8) is 0 Å². The topological polar surface area (TPSA) is 77.1 Å². The van der Waals surface area contributed by atoms with Crippen LogP contribution >= 0.6 is 0 Å². The molecule has 1 aliphatic carbocycles. The average molecular weight is 299 g/mol. The summed E-state index contributed by atoms with van der Waals surface area (Å²) in [4.78, 5) is 14.5. The number of allylic oxidation sites excluding steroid dienone is 2. The molecule has 0 N–H and O–H groups in total. The van der Waals surface area contributed by atoms with Gasteiger partial charge in [0, 0.05) is 18.8 Å². The summed E-state index contributed by atoms with van der Waals surface area (Å²) in [6.07, 6.45) is 3.48. The maximum Gasteiger partial charge on any atom is 0.339 e. The molecule has 1 heterocycles. The van der Waals surface area contributed by atoms with Gasteiger partial charge in [-0.1, -0.05) is 13.8 Å². The van der Waals surface area contributed by atoms with Gasteiger partial charge in [0.05, 0.1) is 12.7 Å². The van der Waals surface area contributed by atoms with Crippen LogP contribution < -0.4 is 0 Å². The molecule has 0 amide bonds. The minimum Gasteiger partial charge on any atom is -0.465 e. The third-order valence-electron chi connectivity index (χ3n) is 4.29. The normalized spacial score (nSPS) is 20.4. The first kappa shape index (κ1) is 16.1. The summed E-state index contributed by atoms with van der Waals surface area (Å²) in [5, 5.41) is 18.5. The molecule has 0 aromatic heterocycles. The van der Waals surface area contributed by atoms with E-state index >= 15 is 0 Å². The third kappa shape index (κ3) is 2.99. The van der Waals surface area contributed by atoms with Crippen molar-refractivity contribution in [3.8, 4) is 12.1 Å². The first-order valence-corrected chi connectivity index (χ1v) is 7.53. The zero-order chi connectivity index (χ0) is 16.3. The van der Waals surface area contributed by atoms with Gasteiger partial charge >= 0.3 is 5.97 Å². The standard InChI is InChI=1S/C17H21N3O2/c1-17(2)8-13(12(10-18)11-19)15(16(21)22-3)14(9-17)20-6-4-5-7-20/h4-9H2,1-3H3. The second kappa shape index (κ2) is 6.23. The Hall–Kier alpha value is -2.27. The molecule has 1 aliphatic heterocycles. The van der Waals surface area contributed by atoms with E-state index in [1.807, 2.05) is 12.1 Å². The summed E-state index contributed by atoms with van der Waals surface area (Å²) < 4.78 is 4.94. The lowest BCUT2D eigenvalue weighted by Crippen LogP contribution is -2.32. The molecule has 5 heteroatoms. The minimum atomic E-state index is -0.449. The number of rotatable bonds is 2. The van der Waals surface area contributed by atoms with Gasteiger partial charge in [0.2, 0.25) is 0 Å². The molecule has 1 fully saturated rings. The van der Waals surface area contributed by atoms with Crippen LogP contribution in [0.1, 0.15) is 39.5 Å². The van der Waals surface area contributed by atoms with Crippen molar-refractivity contribution < 1.29 is 9.53 Å². The average Bonchev–Trinajstić information content (AvgIpc) is 3.00. The molecule has 116 valence electrons. The van der Waals surface area contributed by atoms with E-state index in [0.29, 0.717) is 17.6 Å². The van der Waals surface area contributed by atoms with Gasteiger partial charge in [0.1, 0.15) is 17.7 Å². The highest BCUT2D eigenvalue weighted by molar-refractivity contribution is 5.95. The first-order valence-electron chi connectivity index (χ1n) is 7.53. The maximum absolute atomic E-state index is 12.3. The molecule has 5 nitrogen and oxygen atoms in total. The van der Waals surface area contributed by atoms with Crippen LogP contribution in [0.3, 0.4) is 0 Å². The molecule has 0 saturated carbocycles. The molecular weight excluding hydrogens is 278 g/mol. The van der Waals surface area contributed by atoms with E-state index in [4.69, 9.17) is 4.74 Å². The van der Waals surface area contributed by atoms with Gasteiger partial charge in [-0.3, -0.25) is 0 Å². The van der Waals surface area contributed by atoms with E-state index < -0.39 is 5.97 Å². The molecule has 22 heavy (non-hydrogen) atoms. The molecule has 0 aromatic carbocycles. The summed E-state index contributed by atoms with van der Waals surface area (Å²) in [6.45, 7) is 6.02. The minimum absolute atomic E-state index is 0.0184. The third-order valence-corrected chi connectivity index (χ3v) is 4.29. The smallest absolute Gasteiger partial charge is 0.339 e. The second-order valence-corrected chi connectivity index (χ2v) is 6.60. The van der Waals surface area contributed by atoms with E-state index in [2.05, 4.69) is 18.7 Å². The Labute approximate surface area is 131 Å². The van der Waals surface area contributed by atoms with Crippen LogP contribution in [-0.2, 0) is 9.53 Å². The fourth-order valence-electron chi connectivity index (χ4n) is 3.32. The highest BCUT2D eigenvalue weighted by Crippen LogP contribution is 2.45. The first-order chi connectivity index (χ1) is 10.4. The van der Waals surface area contributed by atoms with Gasteiger partial charge < -0.3 is 9.64 Å². The number of nitrogens with zero attached hydrogens (tertiary/aromatic N) is 3. The molecule has 0 bridgehead atoms. The summed E-state index contributed by atoms with van der Waals surface area (Å²) in [5.41, 5.74) is 1.82. The van der Waals surface area contributed by atoms with Gasteiger partial charge in [-0.15, -0.1) is 0 Å². The van der Waals surface area contributed by atoms with E-state index in [-0.39, 0.29) is 11.0 Å². The molecular formula is C17H21N3O2. The van der Waals surface area contributed by atoms with Crippen molar-refractivity contribution in [3.05, 3.63) is 22.4 Å². The Morgan fingerprint density at radius 2 is 1.77 bits per heavy atom. The maximum atomic E-state index is 12.3. The molecule has 2 aliphatic rings. The Kier molecular flexibility index (Phi) is 4.56. The van der Waals surface area contributed by atoms with Crippen molar-refractivity contribution in [2.24, 2.45) is 5.41 Å². The monoisotopic (exact) mass is 299 g/mol. The van der Waals surface area contributed by atoms with Crippen molar-refractivity contribution >= 4 is 5.97 Å². The SMILES string of the molecule is COC(=O)C1=C(N2CCCC2)CC(C)(C)CC1=C(C#N)C#N. The van der Waals surface area contributed by atoms with E-state index in [1.54, 1.807) is 0 Å². The van der Waals surface area contributed by atoms with Crippen LogP contribution in [0, 0.1) is 28.1 Å². The van der Waals surface area contributed by atoms with Crippen LogP contribution in [0.2, 0.25) is 0 Å². The second-order valence-electron chi connectivity index (χ2n) is 6.60. The summed E-state index contributed by atoms with van der Waals surface area (Å²) >= 11 is 0. The van der Waals surface area contributed by atoms with Gasteiger partial charge in [-0.05, 0) is 36.7 Å². The zero-order valence-electron chi connectivity index (χ0n) is 13.4. The van der Waals surface area contributed by atoms with E-state index in [9.17, 15) is 15.3 Å². The van der Waals surface area contributed by atoms with Crippen LogP contribution in [0.5, 0.6) is 0 Å². The summed E-state index contributed by atoms with van der Waals surface area (Å²) in [5.74, 6) is -0.449. The van der Waals surface area contributed by atoms with E-state index in [0.717, 1.165) is 38.0 Å². The Balaban J connectivity index is 2.68. The number of methoxy groups -OCH3 is 1. The van der Waals surface area contributed by atoms with Crippen LogP contribution in [-0.4, -0.2) is 31.1 Å². The molecule has 0 atom stereocenters. The number of esters is 1. The van der Waals surface area contributed by atoms with Gasteiger partial charge in [0.25, 0.3) is 0 Å². The lowest BCUT2D eigenvalue weighted by Gasteiger charge is -2.38. The van der Waals surface area contributed by atoms with Gasteiger partial charge in [-0.25, -0.2) is 4.79 Å². The molecule has 0 radical (unpaired) electrons. The molecule has 0 unspecified atom stereocenters. The van der Waals surface area contributed by atoms with E-state index in [1.165, 1.54) is 7.11 Å². The molecule has 1 saturated heterocycles. The predicted octanol–water partition coefficient (Wildman–Crippen LogP) is 2.67. The lowest BCUT2D eigenvalue weighted by atomic mass is 9.72. The highest BCUT2D eigenvalue weighted by Gasteiger charge is 2.38. The highest BCUT2D eigenvalue weighted by atomic mass is 16.5. The fourth-order valence-corrected chi connectivity index (χ4v) is 3.32. The summed E-state index contributed by atoms with van der Waals surface area (Å²) in [6, 6.07) is 3.87. The van der Waals surface area contributed by atoms with Gasteiger partial charge in [0.15, 0.2) is 0 Å². The van der Waals surface area contributed by atoms with Crippen molar-refractivity contribution in [1.29, 1.82) is 10.5 Å². The zero-order valence-corrected chi connectivity index (χ0v) is 13.4. The van der Waals surface area contributed by atoms with Crippen LogP contribution in [0.25, 0.3) is 0 Å². The Bertz CT molecular complexity index is 607. The predicted molar refractivity (Wildman–Crippen MR) is 81.1 cm³/mol. The number of carbonyl (C=O) groups excluding carboxylic acids is 1. The number of hydrogen-bond acceptors (Lipinski definition) is 5. The quantitative estimate of drug-likeness (QED) is 0.578. The fraction of sp³-hybridized carbons (Fsp3) is 0.588. The number of hydrogen-bond donors (Lipinski definition) is 0. The molecule has 0 aromatic rings. The Morgan fingerprint density at radius 3 is 2.27 bits per heavy atom. The van der Waals surface area contributed by atoms with Crippen LogP contribution in [0.4, 0.5) is 0 Å². The summed E-state index contributed by atoms with van der Waals surface area (Å²) in [7, 11) is 1.34. The lowest BCUT2D eigenvalue weighted by molar-refractivity contribution is -0.136. The number of likely N-dealkylation sites (tertiary alicyclic amines) is 1. The largest absolute Gasteiger partial charge is 0.465 e. The molecule has 0 spiro atoms. The van der Waals surface area contributed by atoms with Crippen molar-refractivity contribution in [1.82, 2.24) is 4.90 Å². The number of carbonyl (C=O) groups is 1.